The van der Waals surface area contributed by atoms with E-state index in [-0.39, 0.29) is 12.1 Å². The Labute approximate surface area is 150 Å². The largest absolute Gasteiger partial charge is 0.415 e. The van der Waals surface area contributed by atoms with Crippen LogP contribution in [-0.2, 0) is 19.4 Å². The van der Waals surface area contributed by atoms with Gasteiger partial charge in [-0.1, -0.05) is 0 Å². The van der Waals surface area contributed by atoms with Crippen LogP contribution in [0.15, 0.2) is 10.9 Å². The Balaban J connectivity index is 1.48. The minimum atomic E-state index is -4.57. The average Bonchev–Trinajstić information content (AvgIpc) is 2.60. The minimum absolute atomic E-state index is 0.0856. The topological polar surface area (TPSA) is 61.6 Å². The third-order valence-electron chi connectivity index (χ3n) is 5.18. The van der Waals surface area contributed by atoms with Crippen molar-refractivity contribution >= 4 is 0 Å². The zero-order chi connectivity index (χ0) is 18.7. The van der Waals surface area contributed by atoms with Crippen LogP contribution in [0.5, 0.6) is 0 Å². The number of β-amino-alcohol motifs (C(OH)–C–C–N with tert-alkyl or cyclic N) is 1. The number of rotatable bonds is 5. The van der Waals surface area contributed by atoms with Crippen molar-refractivity contribution in [3.05, 3.63) is 27.7 Å². The lowest BCUT2D eigenvalue weighted by Crippen LogP contribution is -2.51. The molecule has 3 rings (SSSR count). The number of nitrogens with zero attached hydrogens (tertiary/aromatic N) is 4. The van der Waals surface area contributed by atoms with E-state index in [9.17, 15) is 18.0 Å². The van der Waals surface area contributed by atoms with Crippen LogP contribution in [0.4, 0.5) is 13.2 Å². The molecule has 1 saturated heterocycles. The van der Waals surface area contributed by atoms with Crippen molar-refractivity contribution < 1.29 is 18.3 Å². The van der Waals surface area contributed by atoms with Crippen LogP contribution in [0.2, 0.25) is 0 Å². The third-order valence-corrected chi connectivity index (χ3v) is 5.18. The molecule has 1 unspecified atom stereocenters. The maximum Gasteiger partial charge on any atom is 0.415 e. The SMILES string of the molecule is O=c1cc2c(nn1CCN1CCN(CC(O)C(F)(F)F)CC1)CCCC2. The van der Waals surface area contributed by atoms with Crippen molar-refractivity contribution in [3.63, 3.8) is 0 Å². The number of alkyl halides is 3. The number of aryl methyl sites for hydroxylation is 2. The quantitative estimate of drug-likeness (QED) is 0.821. The summed E-state index contributed by atoms with van der Waals surface area (Å²) in [6.45, 7) is 2.91. The molecule has 1 aliphatic heterocycles. The summed E-state index contributed by atoms with van der Waals surface area (Å²) >= 11 is 0. The number of hydrogen-bond acceptors (Lipinski definition) is 5. The van der Waals surface area contributed by atoms with Crippen molar-refractivity contribution in [2.24, 2.45) is 0 Å². The van der Waals surface area contributed by atoms with Gasteiger partial charge in [0.15, 0.2) is 6.10 Å². The van der Waals surface area contributed by atoms with Gasteiger partial charge in [0.05, 0.1) is 12.2 Å². The Kier molecular flexibility index (Phi) is 5.99. The Morgan fingerprint density at radius 3 is 2.42 bits per heavy atom. The monoisotopic (exact) mass is 374 g/mol. The van der Waals surface area contributed by atoms with Gasteiger partial charge in [0.1, 0.15) is 0 Å². The van der Waals surface area contributed by atoms with Crippen LogP contribution >= 0.6 is 0 Å². The number of aliphatic hydroxyl groups excluding tert-OH is 1. The molecule has 1 aliphatic carbocycles. The molecule has 1 atom stereocenters. The van der Waals surface area contributed by atoms with Crippen molar-refractivity contribution in [3.8, 4) is 0 Å². The zero-order valence-electron chi connectivity index (χ0n) is 14.7. The fourth-order valence-electron chi connectivity index (χ4n) is 3.54. The maximum absolute atomic E-state index is 12.4. The molecule has 6 nitrogen and oxygen atoms in total. The van der Waals surface area contributed by atoms with E-state index >= 15 is 0 Å². The van der Waals surface area contributed by atoms with E-state index in [4.69, 9.17) is 5.11 Å². The highest BCUT2D eigenvalue weighted by Gasteiger charge is 2.39. The zero-order valence-corrected chi connectivity index (χ0v) is 14.7. The van der Waals surface area contributed by atoms with Crippen molar-refractivity contribution in [2.45, 2.75) is 44.5 Å². The molecule has 1 aromatic heterocycles. The molecular formula is C17H25F3N4O2. The molecule has 9 heteroatoms. The second-order valence-electron chi connectivity index (χ2n) is 7.08. The Morgan fingerprint density at radius 1 is 1.08 bits per heavy atom. The highest BCUT2D eigenvalue weighted by Crippen LogP contribution is 2.21. The summed E-state index contributed by atoms with van der Waals surface area (Å²) in [6.07, 6.45) is -2.83. The highest BCUT2D eigenvalue weighted by atomic mass is 19.4. The lowest BCUT2D eigenvalue weighted by Gasteiger charge is -2.35. The molecule has 0 bridgehead atoms. The molecule has 0 aromatic carbocycles. The van der Waals surface area contributed by atoms with Gasteiger partial charge in [-0.05, 0) is 31.2 Å². The predicted octanol–water partition coefficient (Wildman–Crippen LogP) is 0.663. The smallest absolute Gasteiger partial charge is 0.382 e. The summed E-state index contributed by atoms with van der Waals surface area (Å²) in [5, 5.41) is 13.6. The molecule has 2 aliphatic rings. The maximum atomic E-state index is 12.4. The second kappa shape index (κ2) is 8.06. The highest BCUT2D eigenvalue weighted by molar-refractivity contribution is 5.20. The first-order valence-electron chi connectivity index (χ1n) is 9.12. The number of aliphatic hydroxyl groups is 1. The lowest BCUT2D eigenvalue weighted by atomic mass is 9.97. The fourth-order valence-corrected chi connectivity index (χ4v) is 3.54. The molecular weight excluding hydrogens is 349 g/mol. The summed E-state index contributed by atoms with van der Waals surface area (Å²) in [5.74, 6) is 0. The fraction of sp³-hybridized carbons (Fsp3) is 0.765. The first-order chi connectivity index (χ1) is 12.3. The first kappa shape index (κ1) is 19.3. The third kappa shape index (κ3) is 4.83. The van der Waals surface area contributed by atoms with Crippen LogP contribution in [0.1, 0.15) is 24.1 Å². The van der Waals surface area contributed by atoms with Gasteiger partial charge >= 0.3 is 6.18 Å². The summed E-state index contributed by atoms with van der Waals surface area (Å²) in [4.78, 5) is 15.9. The summed E-state index contributed by atoms with van der Waals surface area (Å²) < 4.78 is 38.8. The van der Waals surface area contributed by atoms with Gasteiger partial charge in [-0.25, -0.2) is 4.68 Å². The van der Waals surface area contributed by atoms with Crippen LogP contribution in [0.3, 0.4) is 0 Å². The molecule has 1 N–H and O–H groups in total. The Hall–Kier alpha value is -1.45. The number of hydrogen-bond donors (Lipinski definition) is 1. The second-order valence-corrected chi connectivity index (χ2v) is 7.08. The molecule has 0 amide bonds. The first-order valence-corrected chi connectivity index (χ1v) is 9.12. The molecule has 0 radical (unpaired) electrons. The standard InChI is InChI=1S/C17H25F3N4O2/c18-17(19,20)15(25)12-23-7-5-22(6-8-23)9-10-24-16(26)11-13-3-1-2-4-14(13)21-24/h11,15,25H,1-10,12H2. The summed E-state index contributed by atoms with van der Waals surface area (Å²) in [5.41, 5.74) is 1.99. The minimum Gasteiger partial charge on any atom is -0.382 e. The molecule has 0 saturated carbocycles. The number of aromatic nitrogens is 2. The molecule has 26 heavy (non-hydrogen) atoms. The van der Waals surface area contributed by atoms with Crippen LogP contribution in [-0.4, -0.2) is 76.2 Å². The van der Waals surface area contributed by atoms with Gasteiger partial charge in [0.25, 0.3) is 5.56 Å². The molecule has 2 heterocycles. The van der Waals surface area contributed by atoms with Crippen LogP contribution in [0, 0.1) is 0 Å². The molecule has 1 fully saturated rings. The van der Waals surface area contributed by atoms with E-state index in [1.165, 1.54) is 4.68 Å². The van der Waals surface area contributed by atoms with Gasteiger partial charge in [0.2, 0.25) is 0 Å². The van der Waals surface area contributed by atoms with E-state index in [2.05, 4.69) is 10.00 Å². The summed E-state index contributed by atoms with van der Waals surface area (Å²) in [7, 11) is 0. The normalized spacial score (nSPS) is 20.8. The molecule has 1 aromatic rings. The van der Waals surface area contributed by atoms with Crippen molar-refractivity contribution in [1.29, 1.82) is 0 Å². The van der Waals surface area contributed by atoms with Crippen molar-refractivity contribution in [2.75, 3.05) is 39.3 Å². The molecule has 146 valence electrons. The number of halogens is 3. The van der Waals surface area contributed by atoms with Gasteiger partial charge < -0.3 is 5.11 Å². The van der Waals surface area contributed by atoms with E-state index in [1.807, 2.05) is 0 Å². The molecule has 0 spiro atoms. The van der Waals surface area contributed by atoms with E-state index in [1.54, 1.807) is 11.0 Å². The van der Waals surface area contributed by atoms with Gasteiger partial charge in [0, 0.05) is 45.3 Å². The lowest BCUT2D eigenvalue weighted by molar-refractivity contribution is -0.208. The van der Waals surface area contributed by atoms with E-state index < -0.39 is 12.3 Å². The van der Waals surface area contributed by atoms with Crippen LogP contribution in [0.25, 0.3) is 0 Å². The Bertz CT molecular complexity index is 669. The van der Waals surface area contributed by atoms with Gasteiger partial charge in [-0.3, -0.25) is 14.6 Å². The van der Waals surface area contributed by atoms with E-state index in [0.29, 0.717) is 39.3 Å². The Morgan fingerprint density at radius 2 is 1.73 bits per heavy atom. The van der Waals surface area contributed by atoms with Crippen molar-refractivity contribution in [1.82, 2.24) is 19.6 Å². The van der Waals surface area contributed by atoms with Gasteiger partial charge in [-0.15, -0.1) is 0 Å². The van der Waals surface area contributed by atoms with E-state index in [0.717, 1.165) is 36.9 Å². The summed E-state index contributed by atoms with van der Waals surface area (Å²) in [6, 6.07) is 1.69. The van der Waals surface area contributed by atoms with Gasteiger partial charge in [-0.2, -0.15) is 18.3 Å². The predicted molar refractivity (Wildman–Crippen MR) is 90.1 cm³/mol. The number of fused-ring (bicyclic) bond motifs is 1. The number of piperazine rings is 1. The average molecular weight is 374 g/mol. The van der Waals surface area contributed by atoms with Crippen LogP contribution < -0.4 is 5.56 Å².